The second kappa shape index (κ2) is 7.67. The molecule has 0 radical (unpaired) electrons. The van der Waals surface area contributed by atoms with Crippen molar-refractivity contribution in [3.8, 4) is 0 Å². The lowest BCUT2D eigenvalue weighted by molar-refractivity contribution is -0.116. The van der Waals surface area contributed by atoms with Crippen molar-refractivity contribution in [3.63, 3.8) is 0 Å². The van der Waals surface area contributed by atoms with Crippen LogP contribution in [0.2, 0.25) is 0 Å². The van der Waals surface area contributed by atoms with E-state index < -0.39 is 6.10 Å². The van der Waals surface area contributed by atoms with Crippen LogP contribution in [0.5, 0.6) is 0 Å². The molecular weight excluding hydrogens is 384 g/mol. The van der Waals surface area contributed by atoms with Gasteiger partial charge in [-0.15, -0.1) is 0 Å². The number of benzene rings is 2. The molecule has 1 atom stereocenters. The number of imidazole rings is 1. The fraction of sp³-hybridized carbons (Fsp3) is 0.222. The Morgan fingerprint density at radius 3 is 2.68 bits per heavy atom. The van der Waals surface area contributed by atoms with Crippen LogP contribution in [0.25, 0.3) is 11.0 Å². The van der Waals surface area contributed by atoms with Gasteiger partial charge in [0.05, 0.1) is 17.1 Å². The Morgan fingerprint density at radius 1 is 1.24 bits per heavy atom. The first kappa shape index (κ1) is 17.4. The van der Waals surface area contributed by atoms with Gasteiger partial charge in [-0.1, -0.05) is 28.1 Å². The average molecular weight is 403 g/mol. The lowest BCUT2D eigenvalue weighted by Gasteiger charge is -2.12. The molecule has 0 bridgehead atoms. The Kier molecular flexibility index (Phi) is 5.35. The molecule has 7 heteroatoms. The molecule has 2 aromatic carbocycles. The molecule has 0 aliphatic rings. The molecule has 0 aliphatic heterocycles. The SMILES string of the molecule is CC(O)CNc1nc2ccccc2n1CC(=O)Nc1ccc(Br)cc1. The van der Waals surface area contributed by atoms with Crippen molar-refractivity contribution in [2.75, 3.05) is 17.2 Å². The fourth-order valence-electron chi connectivity index (χ4n) is 2.49. The fourth-order valence-corrected chi connectivity index (χ4v) is 2.75. The molecule has 130 valence electrons. The summed E-state index contributed by atoms with van der Waals surface area (Å²) in [6.45, 7) is 2.18. The second-order valence-electron chi connectivity index (χ2n) is 5.80. The molecule has 0 saturated heterocycles. The highest BCUT2D eigenvalue weighted by Gasteiger charge is 2.14. The summed E-state index contributed by atoms with van der Waals surface area (Å²) in [5.74, 6) is 0.415. The summed E-state index contributed by atoms with van der Waals surface area (Å²) >= 11 is 3.37. The van der Waals surface area contributed by atoms with E-state index in [1.165, 1.54) is 0 Å². The number of amides is 1. The third kappa shape index (κ3) is 4.37. The van der Waals surface area contributed by atoms with Gasteiger partial charge in [-0.2, -0.15) is 0 Å². The van der Waals surface area contributed by atoms with Crippen molar-refractivity contribution < 1.29 is 9.90 Å². The van der Waals surface area contributed by atoms with Crippen LogP contribution in [0, 0.1) is 0 Å². The van der Waals surface area contributed by atoms with Crippen LogP contribution in [0.15, 0.2) is 53.0 Å². The zero-order valence-electron chi connectivity index (χ0n) is 13.7. The molecule has 3 N–H and O–H groups in total. The maximum atomic E-state index is 12.5. The summed E-state index contributed by atoms with van der Waals surface area (Å²) < 4.78 is 2.77. The Labute approximate surface area is 154 Å². The van der Waals surface area contributed by atoms with E-state index in [1.807, 2.05) is 53.1 Å². The van der Waals surface area contributed by atoms with Crippen LogP contribution in [0.3, 0.4) is 0 Å². The Hall–Kier alpha value is -2.38. The molecule has 6 nitrogen and oxygen atoms in total. The monoisotopic (exact) mass is 402 g/mol. The van der Waals surface area contributed by atoms with Gasteiger partial charge in [-0.3, -0.25) is 4.79 Å². The van der Waals surface area contributed by atoms with Gasteiger partial charge in [0.2, 0.25) is 11.9 Å². The van der Waals surface area contributed by atoms with E-state index in [4.69, 9.17) is 0 Å². The molecule has 0 saturated carbocycles. The highest BCUT2D eigenvalue weighted by atomic mass is 79.9. The van der Waals surface area contributed by atoms with Crippen LogP contribution in [-0.4, -0.2) is 33.2 Å². The van der Waals surface area contributed by atoms with Crippen molar-refractivity contribution >= 4 is 44.5 Å². The number of hydrogen-bond donors (Lipinski definition) is 3. The van der Waals surface area contributed by atoms with E-state index in [0.717, 1.165) is 21.2 Å². The topological polar surface area (TPSA) is 79.2 Å². The number of aliphatic hydroxyl groups excluding tert-OH is 1. The quantitative estimate of drug-likeness (QED) is 0.591. The zero-order valence-corrected chi connectivity index (χ0v) is 15.3. The highest BCUT2D eigenvalue weighted by Crippen LogP contribution is 2.20. The number of aliphatic hydroxyl groups is 1. The van der Waals surface area contributed by atoms with Crippen molar-refractivity contribution in [1.82, 2.24) is 9.55 Å². The minimum Gasteiger partial charge on any atom is -0.392 e. The lowest BCUT2D eigenvalue weighted by Crippen LogP contribution is -2.22. The van der Waals surface area contributed by atoms with Gasteiger partial charge in [0.1, 0.15) is 6.54 Å². The van der Waals surface area contributed by atoms with E-state index in [2.05, 4.69) is 31.5 Å². The average Bonchev–Trinajstić information content (AvgIpc) is 2.93. The molecule has 1 unspecified atom stereocenters. The van der Waals surface area contributed by atoms with Gasteiger partial charge in [-0.25, -0.2) is 4.98 Å². The summed E-state index contributed by atoms with van der Waals surface area (Å²) in [6, 6.07) is 15.0. The molecule has 0 aliphatic carbocycles. The van der Waals surface area contributed by atoms with E-state index in [-0.39, 0.29) is 12.5 Å². The number of hydrogen-bond acceptors (Lipinski definition) is 4. The third-order valence-corrected chi connectivity index (χ3v) is 4.17. The second-order valence-corrected chi connectivity index (χ2v) is 6.71. The summed E-state index contributed by atoms with van der Waals surface area (Å²) in [5.41, 5.74) is 2.39. The normalized spacial score (nSPS) is 12.1. The summed E-state index contributed by atoms with van der Waals surface area (Å²) in [5, 5.41) is 15.5. The number of anilines is 2. The van der Waals surface area contributed by atoms with E-state index in [1.54, 1.807) is 6.92 Å². The van der Waals surface area contributed by atoms with E-state index in [0.29, 0.717) is 12.5 Å². The minimum absolute atomic E-state index is 0.124. The number of rotatable bonds is 6. The molecule has 1 heterocycles. The first-order valence-corrected chi connectivity index (χ1v) is 8.75. The maximum Gasteiger partial charge on any atom is 0.244 e. The van der Waals surface area contributed by atoms with Crippen molar-refractivity contribution in [1.29, 1.82) is 0 Å². The molecule has 25 heavy (non-hydrogen) atoms. The minimum atomic E-state index is -0.509. The van der Waals surface area contributed by atoms with Crippen molar-refractivity contribution in [2.24, 2.45) is 0 Å². The number of nitrogens with one attached hydrogen (secondary N) is 2. The molecule has 3 aromatic rings. The van der Waals surface area contributed by atoms with Gasteiger partial charge in [-0.05, 0) is 43.3 Å². The molecule has 1 amide bonds. The third-order valence-electron chi connectivity index (χ3n) is 3.64. The van der Waals surface area contributed by atoms with Gasteiger partial charge < -0.3 is 20.3 Å². The number of fused-ring (bicyclic) bond motifs is 1. The predicted molar refractivity (Wildman–Crippen MR) is 103 cm³/mol. The highest BCUT2D eigenvalue weighted by molar-refractivity contribution is 9.10. The molecule has 0 spiro atoms. The zero-order chi connectivity index (χ0) is 17.8. The Morgan fingerprint density at radius 2 is 1.96 bits per heavy atom. The molecule has 3 rings (SSSR count). The van der Waals surface area contributed by atoms with E-state index in [9.17, 15) is 9.90 Å². The van der Waals surface area contributed by atoms with Crippen molar-refractivity contribution in [3.05, 3.63) is 53.0 Å². The number of aromatic nitrogens is 2. The number of halogens is 1. The molecule has 1 aromatic heterocycles. The Balaban J connectivity index is 1.82. The number of para-hydroxylation sites is 2. The molecular formula is C18H19BrN4O2. The van der Waals surface area contributed by atoms with Gasteiger partial charge in [0, 0.05) is 16.7 Å². The standard InChI is InChI=1S/C18H19BrN4O2/c1-12(24)10-20-18-22-15-4-2-3-5-16(15)23(18)11-17(25)21-14-8-6-13(19)7-9-14/h2-9,12,24H,10-11H2,1H3,(H,20,22)(H,21,25). The molecule has 0 fully saturated rings. The first-order chi connectivity index (χ1) is 12.0. The van der Waals surface area contributed by atoms with Crippen LogP contribution < -0.4 is 10.6 Å². The lowest BCUT2D eigenvalue weighted by atomic mass is 10.3. The summed E-state index contributed by atoms with van der Waals surface area (Å²) in [7, 11) is 0. The van der Waals surface area contributed by atoms with Gasteiger partial charge in [0.15, 0.2) is 0 Å². The summed E-state index contributed by atoms with van der Waals surface area (Å²) in [4.78, 5) is 17.0. The largest absolute Gasteiger partial charge is 0.392 e. The smallest absolute Gasteiger partial charge is 0.244 e. The maximum absolute atomic E-state index is 12.5. The van der Waals surface area contributed by atoms with Crippen LogP contribution in [-0.2, 0) is 11.3 Å². The van der Waals surface area contributed by atoms with Crippen LogP contribution >= 0.6 is 15.9 Å². The first-order valence-electron chi connectivity index (χ1n) is 7.95. The van der Waals surface area contributed by atoms with E-state index >= 15 is 0 Å². The summed E-state index contributed by atoms with van der Waals surface area (Å²) in [6.07, 6.45) is -0.509. The van der Waals surface area contributed by atoms with Gasteiger partial charge in [0.25, 0.3) is 0 Å². The number of carbonyl (C=O) groups is 1. The predicted octanol–water partition coefficient (Wildman–Crippen LogP) is 3.23. The number of carbonyl (C=O) groups excluding carboxylic acids is 1. The number of nitrogens with zero attached hydrogens (tertiary/aromatic N) is 2. The van der Waals surface area contributed by atoms with Crippen LogP contribution in [0.4, 0.5) is 11.6 Å². The Bertz CT molecular complexity index is 874. The van der Waals surface area contributed by atoms with Crippen molar-refractivity contribution in [2.45, 2.75) is 19.6 Å². The van der Waals surface area contributed by atoms with Gasteiger partial charge >= 0.3 is 0 Å². The van der Waals surface area contributed by atoms with Crippen LogP contribution in [0.1, 0.15) is 6.92 Å².